The Bertz CT molecular complexity index is 140. The van der Waals surface area contributed by atoms with Gasteiger partial charge in [-0.1, -0.05) is 52.4 Å². The van der Waals surface area contributed by atoms with Crippen LogP contribution < -0.4 is 5.32 Å². The highest BCUT2D eigenvalue weighted by Crippen LogP contribution is 2.34. The van der Waals surface area contributed by atoms with Gasteiger partial charge in [0.2, 0.25) is 0 Å². The molecule has 1 aliphatic rings. The van der Waals surface area contributed by atoms with Crippen molar-refractivity contribution in [1.29, 1.82) is 0 Å². The van der Waals surface area contributed by atoms with Crippen LogP contribution in [0.15, 0.2) is 0 Å². The summed E-state index contributed by atoms with van der Waals surface area (Å²) in [5.41, 5.74) is 0. The van der Waals surface area contributed by atoms with Crippen molar-refractivity contribution >= 4 is 0 Å². The molecule has 0 aromatic rings. The monoisotopic (exact) mass is 211 g/mol. The highest BCUT2D eigenvalue weighted by molar-refractivity contribution is 4.85. The summed E-state index contributed by atoms with van der Waals surface area (Å²) in [6, 6.07) is 0.848. The summed E-state index contributed by atoms with van der Waals surface area (Å²) in [6.45, 7) is 5.67. The van der Waals surface area contributed by atoms with Crippen molar-refractivity contribution in [1.82, 2.24) is 5.32 Å². The fourth-order valence-electron chi connectivity index (χ4n) is 2.41. The van der Waals surface area contributed by atoms with Crippen LogP contribution in [0.2, 0.25) is 0 Å². The first-order valence-corrected chi connectivity index (χ1v) is 7.11. The zero-order valence-corrected chi connectivity index (χ0v) is 10.7. The van der Waals surface area contributed by atoms with Gasteiger partial charge < -0.3 is 5.32 Å². The normalized spacial score (nSPS) is 18.0. The molecule has 0 radical (unpaired) electrons. The first-order valence-electron chi connectivity index (χ1n) is 7.11. The van der Waals surface area contributed by atoms with Gasteiger partial charge in [-0.15, -0.1) is 0 Å². The zero-order valence-electron chi connectivity index (χ0n) is 10.7. The molecule has 1 aliphatic carbocycles. The zero-order chi connectivity index (χ0) is 10.9. The van der Waals surface area contributed by atoms with Crippen molar-refractivity contribution < 1.29 is 0 Å². The standard InChI is InChI=1S/C14H29N/c1-3-5-6-7-8-9-10-14(15-4-2)13-11-12-13/h13-15H,3-12H2,1-2H3. The molecule has 1 rings (SSSR count). The van der Waals surface area contributed by atoms with E-state index in [1.807, 2.05) is 0 Å². The van der Waals surface area contributed by atoms with Gasteiger partial charge in [0.1, 0.15) is 0 Å². The molecule has 1 heteroatoms. The van der Waals surface area contributed by atoms with Gasteiger partial charge in [-0.3, -0.25) is 0 Å². The van der Waals surface area contributed by atoms with Crippen LogP contribution in [0, 0.1) is 5.92 Å². The largest absolute Gasteiger partial charge is 0.314 e. The summed E-state index contributed by atoms with van der Waals surface area (Å²) < 4.78 is 0. The number of unbranched alkanes of at least 4 members (excludes halogenated alkanes) is 5. The second-order valence-electron chi connectivity index (χ2n) is 5.06. The molecular formula is C14H29N. The molecule has 1 N–H and O–H groups in total. The predicted octanol–water partition coefficient (Wildman–Crippen LogP) is 4.13. The lowest BCUT2D eigenvalue weighted by Crippen LogP contribution is -2.30. The van der Waals surface area contributed by atoms with Gasteiger partial charge in [0.15, 0.2) is 0 Å². The third-order valence-electron chi connectivity index (χ3n) is 3.53. The molecule has 1 atom stereocenters. The molecule has 0 bridgehead atoms. The van der Waals surface area contributed by atoms with Gasteiger partial charge in [-0.25, -0.2) is 0 Å². The van der Waals surface area contributed by atoms with E-state index in [0.717, 1.165) is 18.5 Å². The second kappa shape index (κ2) is 8.15. The second-order valence-corrected chi connectivity index (χ2v) is 5.06. The van der Waals surface area contributed by atoms with E-state index < -0.39 is 0 Å². The van der Waals surface area contributed by atoms with Gasteiger partial charge in [0.25, 0.3) is 0 Å². The third kappa shape index (κ3) is 6.19. The fourth-order valence-corrected chi connectivity index (χ4v) is 2.41. The summed E-state index contributed by atoms with van der Waals surface area (Å²) in [4.78, 5) is 0. The molecular weight excluding hydrogens is 182 g/mol. The number of nitrogens with one attached hydrogen (secondary N) is 1. The van der Waals surface area contributed by atoms with Gasteiger partial charge in [0, 0.05) is 6.04 Å². The molecule has 1 fully saturated rings. The average molecular weight is 211 g/mol. The predicted molar refractivity (Wildman–Crippen MR) is 68.2 cm³/mol. The quantitative estimate of drug-likeness (QED) is 0.536. The highest BCUT2D eigenvalue weighted by atomic mass is 14.9. The minimum Gasteiger partial charge on any atom is -0.314 e. The maximum Gasteiger partial charge on any atom is 0.00952 e. The molecule has 1 saturated carbocycles. The summed E-state index contributed by atoms with van der Waals surface area (Å²) in [5.74, 6) is 1.03. The van der Waals surface area contributed by atoms with Crippen molar-refractivity contribution in [3.8, 4) is 0 Å². The summed E-state index contributed by atoms with van der Waals surface area (Å²) in [5, 5.41) is 3.65. The van der Waals surface area contributed by atoms with Crippen LogP contribution in [0.5, 0.6) is 0 Å². The molecule has 1 unspecified atom stereocenters. The van der Waals surface area contributed by atoms with E-state index >= 15 is 0 Å². The van der Waals surface area contributed by atoms with Crippen LogP contribution in [0.3, 0.4) is 0 Å². The Balaban J connectivity index is 1.92. The van der Waals surface area contributed by atoms with E-state index in [-0.39, 0.29) is 0 Å². The molecule has 15 heavy (non-hydrogen) atoms. The third-order valence-corrected chi connectivity index (χ3v) is 3.53. The van der Waals surface area contributed by atoms with Crippen molar-refractivity contribution in [3.05, 3.63) is 0 Å². The van der Waals surface area contributed by atoms with Gasteiger partial charge >= 0.3 is 0 Å². The van der Waals surface area contributed by atoms with Crippen LogP contribution in [-0.4, -0.2) is 12.6 Å². The van der Waals surface area contributed by atoms with E-state index in [1.165, 1.54) is 57.8 Å². The maximum atomic E-state index is 3.65. The topological polar surface area (TPSA) is 12.0 Å². The molecule has 0 heterocycles. The summed E-state index contributed by atoms with van der Waals surface area (Å²) in [6.07, 6.45) is 13.0. The highest BCUT2D eigenvalue weighted by Gasteiger charge is 2.29. The molecule has 0 aliphatic heterocycles. The molecule has 0 aromatic carbocycles. The van der Waals surface area contributed by atoms with Crippen molar-refractivity contribution in [2.45, 2.75) is 77.7 Å². The molecule has 0 amide bonds. The van der Waals surface area contributed by atoms with E-state index in [2.05, 4.69) is 19.2 Å². The smallest absolute Gasteiger partial charge is 0.00952 e. The molecule has 0 aromatic heterocycles. The lowest BCUT2D eigenvalue weighted by Gasteiger charge is -2.16. The molecule has 0 saturated heterocycles. The van der Waals surface area contributed by atoms with Crippen LogP contribution in [0.25, 0.3) is 0 Å². The number of hydrogen-bond donors (Lipinski definition) is 1. The Hall–Kier alpha value is -0.0400. The Kier molecular flexibility index (Phi) is 7.08. The number of hydrogen-bond acceptors (Lipinski definition) is 1. The van der Waals surface area contributed by atoms with Crippen LogP contribution in [-0.2, 0) is 0 Å². The first kappa shape index (κ1) is 13.0. The molecule has 1 nitrogen and oxygen atoms in total. The SMILES string of the molecule is CCCCCCCCC(NCC)C1CC1. The Morgan fingerprint density at radius 3 is 2.27 bits per heavy atom. The van der Waals surface area contributed by atoms with Crippen LogP contribution in [0.4, 0.5) is 0 Å². The van der Waals surface area contributed by atoms with Crippen LogP contribution in [0.1, 0.15) is 71.6 Å². The van der Waals surface area contributed by atoms with Gasteiger partial charge in [-0.05, 0) is 31.7 Å². The van der Waals surface area contributed by atoms with Crippen molar-refractivity contribution in [2.75, 3.05) is 6.54 Å². The lowest BCUT2D eigenvalue weighted by molar-refractivity contribution is 0.423. The van der Waals surface area contributed by atoms with E-state index in [4.69, 9.17) is 0 Å². The summed E-state index contributed by atoms with van der Waals surface area (Å²) in [7, 11) is 0. The molecule has 90 valence electrons. The van der Waals surface area contributed by atoms with Crippen LogP contribution >= 0.6 is 0 Å². The number of rotatable bonds is 10. The Morgan fingerprint density at radius 2 is 1.67 bits per heavy atom. The van der Waals surface area contributed by atoms with Crippen molar-refractivity contribution in [3.63, 3.8) is 0 Å². The molecule has 0 spiro atoms. The fraction of sp³-hybridized carbons (Fsp3) is 1.00. The van der Waals surface area contributed by atoms with E-state index in [1.54, 1.807) is 0 Å². The Morgan fingerprint density at radius 1 is 1.00 bits per heavy atom. The lowest BCUT2D eigenvalue weighted by atomic mass is 10.0. The average Bonchev–Trinajstić information content (AvgIpc) is 3.05. The minimum absolute atomic E-state index is 0.848. The van der Waals surface area contributed by atoms with Gasteiger partial charge in [-0.2, -0.15) is 0 Å². The van der Waals surface area contributed by atoms with Gasteiger partial charge in [0.05, 0.1) is 0 Å². The maximum absolute atomic E-state index is 3.65. The Labute approximate surface area is 96.0 Å². The van der Waals surface area contributed by atoms with Crippen molar-refractivity contribution in [2.24, 2.45) is 5.92 Å². The first-order chi connectivity index (χ1) is 7.38. The van der Waals surface area contributed by atoms with E-state index in [0.29, 0.717) is 0 Å². The van der Waals surface area contributed by atoms with E-state index in [9.17, 15) is 0 Å². The minimum atomic E-state index is 0.848. The summed E-state index contributed by atoms with van der Waals surface area (Å²) >= 11 is 0.